The van der Waals surface area contributed by atoms with Gasteiger partial charge in [0.15, 0.2) is 0 Å². The number of anilines is 1. The Balaban J connectivity index is 1.69. The number of likely N-dealkylation sites (N-methyl/N-ethyl adjacent to an activating group) is 1. The normalized spacial score (nSPS) is 24.2. The van der Waals surface area contributed by atoms with E-state index in [4.69, 9.17) is 16.3 Å². The maximum absolute atomic E-state index is 6.32. The summed E-state index contributed by atoms with van der Waals surface area (Å²) in [7, 11) is 0. The van der Waals surface area contributed by atoms with Crippen LogP contribution in [0.3, 0.4) is 0 Å². The fraction of sp³-hybridized carbons (Fsp3) is 0.429. The zero-order valence-corrected chi connectivity index (χ0v) is 15.5. The van der Waals surface area contributed by atoms with E-state index in [2.05, 4.69) is 53.1 Å². The third-order valence-electron chi connectivity index (χ3n) is 5.49. The third-order valence-corrected chi connectivity index (χ3v) is 5.74. The molecule has 0 saturated carbocycles. The lowest BCUT2D eigenvalue weighted by Gasteiger charge is -2.47. The quantitative estimate of drug-likeness (QED) is 0.821. The first-order valence-electron chi connectivity index (χ1n) is 9.20. The summed E-state index contributed by atoms with van der Waals surface area (Å²) in [5, 5.41) is 0.784. The second-order valence-electron chi connectivity index (χ2n) is 6.87. The lowest BCUT2D eigenvalue weighted by molar-refractivity contribution is 0.00760. The summed E-state index contributed by atoms with van der Waals surface area (Å²) in [5.41, 5.74) is 4.02. The average Bonchev–Trinajstić information content (AvgIpc) is 2.68. The van der Waals surface area contributed by atoms with Gasteiger partial charge in [-0.3, -0.25) is 4.90 Å². The first kappa shape index (κ1) is 16.9. The molecule has 2 aliphatic heterocycles. The summed E-state index contributed by atoms with van der Waals surface area (Å²) in [6.45, 7) is 7.26. The molecule has 25 heavy (non-hydrogen) atoms. The van der Waals surface area contributed by atoms with Crippen molar-refractivity contribution in [1.29, 1.82) is 0 Å². The smallest absolute Gasteiger partial charge is 0.104 e. The highest BCUT2D eigenvalue weighted by molar-refractivity contribution is 6.30. The van der Waals surface area contributed by atoms with Gasteiger partial charge >= 0.3 is 0 Å². The maximum atomic E-state index is 6.32. The van der Waals surface area contributed by atoms with Crippen LogP contribution in [-0.4, -0.2) is 43.7 Å². The van der Waals surface area contributed by atoms with Gasteiger partial charge in [0.2, 0.25) is 0 Å². The summed E-state index contributed by atoms with van der Waals surface area (Å²) in [5.74, 6) is 0. The molecule has 2 unspecified atom stereocenters. The molecule has 1 fully saturated rings. The number of hydrogen-bond acceptors (Lipinski definition) is 3. The van der Waals surface area contributed by atoms with E-state index in [1.54, 1.807) is 0 Å². The molecule has 0 aromatic heterocycles. The molecular weight excluding hydrogens is 332 g/mol. The number of fused-ring (bicyclic) bond motifs is 1. The number of ether oxygens (including phenoxy) is 1. The van der Waals surface area contributed by atoms with Crippen molar-refractivity contribution in [3.63, 3.8) is 0 Å². The van der Waals surface area contributed by atoms with Gasteiger partial charge in [-0.05, 0) is 48.4 Å². The first-order chi connectivity index (χ1) is 12.3. The van der Waals surface area contributed by atoms with Crippen LogP contribution in [0.4, 0.5) is 5.69 Å². The lowest BCUT2D eigenvalue weighted by atomic mass is 9.91. The molecule has 0 aliphatic carbocycles. The predicted molar refractivity (Wildman–Crippen MR) is 104 cm³/mol. The third kappa shape index (κ3) is 3.41. The van der Waals surface area contributed by atoms with Crippen molar-refractivity contribution in [2.24, 2.45) is 0 Å². The Bertz CT molecular complexity index is 718. The van der Waals surface area contributed by atoms with E-state index < -0.39 is 0 Å². The summed E-state index contributed by atoms with van der Waals surface area (Å²) in [4.78, 5) is 5.03. The largest absolute Gasteiger partial charge is 0.371 e. The van der Waals surface area contributed by atoms with E-state index >= 15 is 0 Å². The number of benzene rings is 2. The zero-order chi connectivity index (χ0) is 17.2. The minimum atomic E-state index is 0.120. The molecule has 0 bridgehead atoms. The van der Waals surface area contributed by atoms with E-state index in [1.807, 2.05) is 12.1 Å². The second-order valence-corrected chi connectivity index (χ2v) is 7.31. The molecular formula is C21H25ClN2O. The molecule has 1 saturated heterocycles. The summed E-state index contributed by atoms with van der Waals surface area (Å²) < 4.78 is 6.32. The van der Waals surface area contributed by atoms with Crippen LogP contribution in [0.5, 0.6) is 0 Å². The highest BCUT2D eigenvalue weighted by Crippen LogP contribution is 2.35. The summed E-state index contributed by atoms with van der Waals surface area (Å²) in [6.07, 6.45) is 1.13. The van der Waals surface area contributed by atoms with E-state index in [-0.39, 0.29) is 6.10 Å². The van der Waals surface area contributed by atoms with Crippen molar-refractivity contribution in [2.75, 3.05) is 37.7 Å². The molecule has 2 aromatic rings. The number of rotatable bonds is 3. The molecule has 2 aliphatic rings. The van der Waals surface area contributed by atoms with Crippen molar-refractivity contribution in [1.82, 2.24) is 4.90 Å². The van der Waals surface area contributed by atoms with Crippen LogP contribution in [0.25, 0.3) is 0 Å². The van der Waals surface area contributed by atoms with Gasteiger partial charge in [-0.2, -0.15) is 0 Å². The molecule has 2 aromatic carbocycles. The minimum Gasteiger partial charge on any atom is -0.371 e. The van der Waals surface area contributed by atoms with Crippen molar-refractivity contribution in [3.05, 3.63) is 64.7 Å². The van der Waals surface area contributed by atoms with Gasteiger partial charge in [-0.25, -0.2) is 0 Å². The van der Waals surface area contributed by atoms with Gasteiger partial charge in [0.1, 0.15) is 6.10 Å². The molecule has 3 nitrogen and oxygen atoms in total. The van der Waals surface area contributed by atoms with Gasteiger partial charge in [-0.15, -0.1) is 0 Å². The van der Waals surface area contributed by atoms with Crippen molar-refractivity contribution in [3.8, 4) is 0 Å². The number of halogens is 1. The first-order valence-corrected chi connectivity index (χ1v) is 9.58. The summed E-state index contributed by atoms with van der Waals surface area (Å²) in [6, 6.07) is 17.3. The molecule has 0 amide bonds. The standard InChI is InChI=1S/C21H25ClN2O/c1-2-23-12-13-24(18-9-7-17(22)8-10-18)20(15-23)21-19-6-4-3-5-16(19)11-14-25-21/h3-10,20-21H,2,11-15H2,1H3. The van der Waals surface area contributed by atoms with Crippen LogP contribution in [0.1, 0.15) is 24.2 Å². The Morgan fingerprint density at radius 2 is 1.88 bits per heavy atom. The highest BCUT2D eigenvalue weighted by atomic mass is 35.5. The van der Waals surface area contributed by atoms with Crippen molar-refractivity contribution >= 4 is 17.3 Å². The molecule has 4 rings (SSSR count). The average molecular weight is 357 g/mol. The van der Waals surface area contributed by atoms with Gasteiger partial charge in [0, 0.05) is 30.3 Å². The monoisotopic (exact) mass is 356 g/mol. The van der Waals surface area contributed by atoms with E-state index in [0.717, 1.165) is 44.2 Å². The Morgan fingerprint density at radius 3 is 2.68 bits per heavy atom. The van der Waals surface area contributed by atoms with Gasteiger partial charge in [0.25, 0.3) is 0 Å². The van der Waals surface area contributed by atoms with E-state index in [1.165, 1.54) is 16.8 Å². The number of nitrogens with zero attached hydrogens (tertiary/aromatic N) is 2. The summed E-state index contributed by atoms with van der Waals surface area (Å²) >= 11 is 6.10. The van der Waals surface area contributed by atoms with Gasteiger partial charge < -0.3 is 9.64 Å². The molecule has 2 atom stereocenters. The van der Waals surface area contributed by atoms with Crippen LogP contribution in [0.2, 0.25) is 5.02 Å². The molecule has 4 heteroatoms. The minimum absolute atomic E-state index is 0.120. The maximum Gasteiger partial charge on any atom is 0.104 e. The lowest BCUT2D eigenvalue weighted by Crippen LogP contribution is -2.56. The Labute approximate surface area is 155 Å². The van der Waals surface area contributed by atoms with Crippen LogP contribution in [-0.2, 0) is 11.2 Å². The van der Waals surface area contributed by atoms with Crippen molar-refractivity contribution < 1.29 is 4.74 Å². The highest BCUT2D eigenvalue weighted by Gasteiger charge is 2.36. The van der Waals surface area contributed by atoms with Crippen molar-refractivity contribution in [2.45, 2.75) is 25.5 Å². The zero-order valence-electron chi connectivity index (χ0n) is 14.7. The molecule has 0 radical (unpaired) electrons. The SMILES string of the molecule is CCN1CCN(c2ccc(Cl)cc2)C(C2OCCc3ccccc32)C1. The molecule has 132 valence electrons. The Kier molecular flexibility index (Phi) is 4.98. The molecule has 2 heterocycles. The van der Waals surface area contributed by atoms with Gasteiger partial charge in [-0.1, -0.05) is 42.8 Å². The second kappa shape index (κ2) is 7.36. The Hall–Kier alpha value is -1.55. The van der Waals surface area contributed by atoms with Crippen LogP contribution < -0.4 is 4.90 Å². The van der Waals surface area contributed by atoms with Crippen LogP contribution in [0, 0.1) is 0 Å². The van der Waals surface area contributed by atoms with E-state index in [0.29, 0.717) is 6.04 Å². The Morgan fingerprint density at radius 1 is 1.08 bits per heavy atom. The van der Waals surface area contributed by atoms with Crippen LogP contribution >= 0.6 is 11.6 Å². The van der Waals surface area contributed by atoms with E-state index in [9.17, 15) is 0 Å². The fourth-order valence-electron chi connectivity index (χ4n) is 4.11. The molecule has 0 N–H and O–H groups in total. The number of piperazine rings is 1. The fourth-order valence-corrected chi connectivity index (χ4v) is 4.24. The van der Waals surface area contributed by atoms with Crippen LogP contribution in [0.15, 0.2) is 48.5 Å². The van der Waals surface area contributed by atoms with Gasteiger partial charge in [0.05, 0.1) is 12.6 Å². The topological polar surface area (TPSA) is 15.7 Å². The predicted octanol–water partition coefficient (Wildman–Crippen LogP) is 4.16. The molecule has 0 spiro atoms. The number of hydrogen-bond donors (Lipinski definition) is 0.